The van der Waals surface area contributed by atoms with Gasteiger partial charge in [-0.25, -0.2) is 0 Å². The van der Waals surface area contributed by atoms with Crippen molar-refractivity contribution in [3.05, 3.63) is 33.8 Å². The fraction of sp³-hybridized carbons (Fsp3) is 0.600. The van der Waals surface area contributed by atoms with E-state index in [4.69, 9.17) is 0 Å². The lowest BCUT2D eigenvalue weighted by atomic mass is 10.0. The van der Waals surface area contributed by atoms with Crippen LogP contribution in [-0.4, -0.2) is 5.11 Å². The van der Waals surface area contributed by atoms with Gasteiger partial charge in [-0.05, 0) is 36.6 Å². The molecule has 0 saturated carbocycles. The zero-order valence-corrected chi connectivity index (χ0v) is 12.5. The number of benzene rings is 1. The molecule has 0 aromatic heterocycles. The highest BCUT2D eigenvalue weighted by Crippen LogP contribution is 2.24. The van der Waals surface area contributed by atoms with E-state index in [1.54, 1.807) is 0 Å². The van der Waals surface area contributed by atoms with Gasteiger partial charge in [-0.2, -0.15) is 0 Å². The molecule has 0 amide bonds. The molecule has 0 radical (unpaired) electrons. The molecule has 0 aliphatic rings. The van der Waals surface area contributed by atoms with Crippen molar-refractivity contribution in [1.82, 2.24) is 0 Å². The lowest BCUT2D eigenvalue weighted by Gasteiger charge is -2.12. The van der Waals surface area contributed by atoms with Crippen molar-refractivity contribution in [3.8, 4) is 0 Å². The number of unbranched alkanes of at least 4 members (excludes halogenated alkanes) is 4. The van der Waals surface area contributed by atoms with E-state index in [0.717, 1.165) is 22.9 Å². The zero-order valence-electron chi connectivity index (χ0n) is 10.9. The Morgan fingerprint density at radius 1 is 1.12 bits per heavy atom. The Labute approximate surface area is 113 Å². The molecule has 0 saturated heterocycles. The lowest BCUT2D eigenvalue weighted by molar-refractivity contribution is 0.163. The summed E-state index contributed by atoms with van der Waals surface area (Å²) in [6, 6.07) is 6.16. The van der Waals surface area contributed by atoms with Gasteiger partial charge >= 0.3 is 0 Å². The number of hydrogen-bond donors (Lipinski definition) is 1. The molecule has 1 rings (SSSR count). The fourth-order valence-electron chi connectivity index (χ4n) is 2.06. The van der Waals surface area contributed by atoms with Crippen molar-refractivity contribution in [2.75, 3.05) is 0 Å². The van der Waals surface area contributed by atoms with Crippen molar-refractivity contribution in [2.24, 2.45) is 0 Å². The predicted molar refractivity (Wildman–Crippen MR) is 77.2 cm³/mol. The van der Waals surface area contributed by atoms with Gasteiger partial charge in [0.1, 0.15) is 0 Å². The molecule has 96 valence electrons. The van der Waals surface area contributed by atoms with Crippen LogP contribution in [0.2, 0.25) is 0 Å². The SMILES string of the molecule is CCCCCCCC(O)c1cc(C)cc(Br)c1. The van der Waals surface area contributed by atoms with Crippen LogP contribution in [0.25, 0.3) is 0 Å². The first-order chi connectivity index (χ1) is 8.13. The van der Waals surface area contributed by atoms with Crippen LogP contribution in [-0.2, 0) is 0 Å². The molecular formula is C15H23BrO. The molecule has 1 nitrogen and oxygen atoms in total. The number of rotatable bonds is 7. The summed E-state index contributed by atoms with van der Waals surface area (Å²) in [5, 5.41) is 10.1. The highest BCUT2D eigenvalue weighted by molar-refractivity contribution is 9.10. The molecule has 0 spiro atoms. The van der Waals surface area contributed by atoms with E-state index in [9.17, 15) is 5.11 Å². The molecule has 1 aromatic rings. The second-order valence-corrected chi connectivity index (χ2v) is 5.70. The highest BCUT2D eigenvalue weighted by atomic mass is 79.9. The van der Waals surface area contributed by atoms with Gasteiger partial charge in [0.15, 0.2) is 0 Å². The average molecular weight is 299 g/mol. The van der Waals surface area contributed by atoms with Crippen LogP contribution in [0.5, 0.6) is 0 Å². The van der Waals surface area contributed by atoms with E-state index in [-0.39, 0.29) is 6.10 Å². The topological polar surface area (TPSA) is 20.2 Å². The molecule has 17 heavy (non-hydrogen) atoms. The quantitative estimate of drug-likeness (QED) is 0.690. The van der Waals surface area contributed by atoms with Gasteiger partial charge in [0.05, 0.1) is 6.10 Å². The summed E-state index contributed by atoms with van der Waals surface area (Å²) in [7, 11) is 0. The normalized spacial score (nSPS) is 12.7. The zero-order chi connectivity index (χ0) is 12.7. The monoisotopic (exact) mass is 298 g/mol. The second kappa shape index (κ2) is 7.88. The van der Waals surface area contributed by atoms with Crippen LogP contribution in [0.3, 0.4) is 0 Å². The number of hydrogen-bond acceptors (Lipinski definition) is 1. The van der Waals surface area contributed by atoms with Gasteiger partial charge in [-0.15, -0.1) is 0 Å². The first-order valence-electron chi connectivity index (χ1n) is 6.58. The minimum atomic E-state index is -0.312. The molecular weight excluding hydrogens is 276 g/mol. The van der Waals surface area contributed by atoms with Gasteiger partial charge in [0, 0.05) is 4.47 Å². The Hall–Kier alpha value is -0.340. The third kappa shape index (κ3) is 5.69. The second-order valence-electron chi connectivity index (χ2n) is 4.78. The predicted octanol–water partition coefficient (Wildman–Crippen LogP) is 5.15. The van der Waals surface area contributed by atoms with Crippen molar-refractivity contribution in [3.63, 3.8) is 0 Å². The molecule has 1 atom stereocenters. The number of aryl methyl sites for hydroxylation is 1. The fourth-order valence-corrected chi connectivity index (χ4v) is 2.69. The van der Waals surface area contributed by atoms with Crippen LogP contribution in [0.4, 0.5) is 0 Å². The molecule has 0 fully saturated rings. The van der Waals surface area contributed by atoms with E-state index in [1.165, 1.54) is 31.2 Å². The molecule has 0 aliphatic heterocycles. The molecule has 1 unspecified atom stereocenters. The van der Waals surface area contributed by atoms with E-state index in [0.29, 0.717) is 0 Å². The van der Waals surface area contributed by atoms with Crippen molar-refractivity contribution in [1.29, 1.82) is 0 Å². The smallest absolute Gasteiger partial charge is 0.0790 e. The van der Waals surface area contributed by atoms with Crippen LogP contribution in [0.1, 0.15) is 62.7 Å². The maximum absolute atomic E-state index is 10.1. The first kappa shape index (κ1) is 14.7. The molecule has 2 heteroatoms. The van der Waals surface area contributed by atoms with Gasteiger partial charge < -0.3 is 5.11 Å². The van der Waals surface area contributed by atoms with Crippen molar-refractivity contribution < 1.29 is 5.11 Å². The van der Waals surface area contributed by atoms with Crippen molar-refractivity contribution >= 4 is 15.9 Å². The summed E-state index contributed by atoms with van der Waals surface area (Å²) >= 11 is 3.47. The van der Waals surface area contributed by atoms with E-state index in [1.807, 2.05) is 6.07 Å². The van der Waals surface area contributed by atoms with Gasteiger partial charge in [-0.3, -0.25) is 0 Å². The number of halogens is 1. The molecule has 1 N–H and O–H groups in total. The number of aliphatic hydroxyl groups excluding tert-OH is 1. The highest BCUT2D eigenvalue weighted by Gasteiger charge is 2.08. The van der Waals surface area contributed by atoms with Crippen LogP contribution < -0.4 is 0 Å². The molecule has 0 bridgehead atoms. The van der Waals surface area contributed by atoms with Crippen LogP contribution >= 0.6 is 15.9 Å². The Balaban J connectivity index is 2.38. The van der Waals surface area contributed by atoms with E-state index >= 15 is 0 Å². The van der Waals surface area contributed by atoms with E-state index < -0.39 is 0 Å². The molecule has 1 aromatic carbocycles. The third-order valence-electron chi connectivity index (χ3n) is 3.03. The molecule has 0 aliphatic carbocycles. The maximum Gasteiger partial charge on any atom is 0.0790 e. The van der Waals surface area contributed by atoms with Gasteiger partial charge in [-0.1, -0.05) is 61.0 Å². The number of aliphatic hydroxyl groups is 1. The van der Waals surface area contributed by atoms with Crippen molar-refractivity contribution in [2.45, 2.75) is 58.5 Å². The van der Waals surface area contributed by atoms with Gasteiger partial charge in [0.25, 0.3) is 0 Å². The summed E-state index contributed by atoms with van der Waals surface area (Å²) in [5.74, 6) is 0. The van der Waals surface area contributed by atoms with Gasteiger partial charge in [0.2, 0.25) is 0 Å². The average Bonchev–Trinajstić information content (AvgIpc) is 2.27. The standard InChI is InChI=1S/C15H23BrO/c1-3-4-5-6-7-8-15(17)13-9-12(2)10-14(16)11-13/h9-11,15,17H,3-8H2,1-2H3. The Bertz CT molecular complexity index is 315. The third-order valence-corrected chi connectivity index (χ3v) is 3.49. The maximum atomic E-state index is 10.1. The Morgan fingerprint density at radius 2 is 1.82 bits per heavy atom. The summed E-state index contributed by atoms with van der Waals surface area (Å²) in [6.07, 6.45) is 6.79. The summed E-state index contributed by atoms with van der Waals surface area (Å²) in [4.78, 5) is 0. The Morgan fingerprint density at radius 3 is 2.47 bits per heavy atom. The van der Waals surface area contributed by atoms with Crippen LogP contribution in [0, 0.1) is 6.92 Å². The minimum Gasteiger partial charge on any atom is -0.388 e. The minimum absolute atomic E-state index is 0.312. The largest absolute Gasteiger partial charge is 0.388 e. The Kier molecular flexibility index (Phi) is 6.83. The summed E-state index contributed by atoms with van der Waals surface area (Å²) in [5.41, 5.74) is 2.23. The van der Waals surface area contributed by atoms with E-state index in [2.05, 4.69) is 41.9 Å². The lowest BCUT2D eigenvalue weighted by Crippen LogP contribution is -1.98. The first-order valence-corrected chi connectivity index (χ1v) is 7.38. The van der Waals surface area contributed by atoms with Crippen LogP contribution in [0.15, 0.2) is 22.7 Å². The summed E-state index contributed by atoms with van der Waals surface area (Å²) < 4.78 is 1.05. The summed E-state index contributed by atoms with van der Waals surface area (Å²) in [6.45, 7) is 4.28. The molecule has 0 heterocycles.